The van der Waals surface area contributed by atoms with Crippen molar-refractivity contribution in [2.24, 2.45) is 11.8 Å². The smallest absolute Gasteiger partial charge is 0.338 e. The molecule has 2 fully saturated rings. The van der Waals surface area contributed by atoms with Crippen LogP contribution < -0.4 is 0 Å². The van der Waals surface area contributed by atoms with E-state index < -0.39 is 6.29 Å². The van der Waals surface area contributed by atoms with E-state index in [0.29, 0.717) is 12.2 Å². The van der Waals surface area contributed by atoms with Gasteiger partial charge in [-0.05, 0) is 5.56 Å². The Morgan fingerprint density at radius 2 is 1.90 bits per heavy atom. The molecule has 1 aromatic rings. The van der Waals surface area contributed by atoms with Crippen LogP contribution in [0.3, 0.4) is 0 Å². The van der Waals surface area contributed by atoms with Gasteiger partial charge in [-0.1, -0.05) is 50.8 Å². The van der Waals surface area contributed by atoms with Crippen molar-refractivity contribution in [3.8, 4) is 0 Å². The van der Waals surface area contributed by atoms with Crippen LogP contribution in [-0.4, -0.2) is 24.5 Å². The number of hydrogen-bond acceptors (Lipinski definition) is 4. The van der Waals surface area contributed by atoms with E-state index in [-0.39, 0.29) is 30.0 Å². The van der Waals surface area contributed by atoms with E-state index in [2.05, 4.69) is 6.58 Å². The lowest BCUT2D eigenvalue weighted by Gasteiger charge is -2.47. The average Bonchev–Trinajstić information content (AvgIpc) is 2.49. The first-order valence-corrected chi connectivity index (χ1v) is 7.28. The molecule has 0 spiro atoms. The van der Waals surface area contributed by atoms with Crippen LogP contribution in [0.15, 0.2) is 42.5 Å². The molecule has 2 aliphatic rings. The molecule has 5 atom stereocenters. The molecule has 1 aromatic carbocycles. The van der Waals surface area contributed by atoms with Gasteiger partial charge in [-0.2, -0.15) is 0 Å². The molecule has 0 radical (unpaired) electrons. The van der Waals surface area contributed by atoms with Gasteiger partial charge in [-0.25, -0.2) is 4.79 Å². The molecule has 0 unspecified atom stereocenters. The van der Waals surface area contributed by atoms with Crippen molar-refractivity contribution < 1.29 is 19.0 Å². The first-order valence-electron chi connectivity index (χ1n) is 7.28. The van der Waals surface area contributed by atoms with Crippen molar-refractivity contribution in [2.45, 2.75) is 39.0 Å². The van der Waals surface area contributed by atoms with Crippen LogP contribution in [0.25, 0.3) is 0 Å². The summed E-state index contributed by atoms with van der Waals surface area (Å²) in [6.07, 6.45) is -0.878. The lowest BCUT2D eigenvalue weighted by molar-refractivity contribution is -0.270. The lowest BCUT2D eigenvalue weighted by Crippen LogP contribution is -2.56. The summed E-state index contributed by atoms with van der Waals surface area (Å²) >= 11 is 0. The van der Waals surface area contributed by atoms with E-state index in [1.807, 2.05) is 44.2 Å². The second-order valence-electron chi connectivity index (χ2n) is 5.84. The molecule has 0 saturated carbocycles. The van der Waals surface area contributed by atoms with E-state index in [1.54, 1.807) is 0 Å². The van der Waals surface area contributed by atoms with E-state index in [1.165, 1.54) is 0 Å². The van der Waals surface area contributed by atoms with E-state index >= 15 is 0 Å². The summed E-state index contributed by atoms with van der Waals surface area (Å²) in [6, 6.07) is 10.0. The van der Waals surface area contributed by atoms with Gasteiger partial charge in [0.2, 0.25) is 6.29 Å². The summed E-state index contributed by atoms with van der Waals surface area (Å²) in [5.41, 5.74) is 1.52. The summed E-state index contributed by atoms with van der Waals surface area (Å²) in [5, 5.41) is 0. The standard InChI is InChI=1S/C17H20O4/c1-10-14(19-9-13-7-5-4-6-8-13)12(3)17-20-15(10)11(2)16(18)21-17/h4-8,10,12,14-15,17H,2,9H2,1,3H3/t10-,12+,14+,15+,17+/m1/s1. The molecule has 2 bridgehead atoms. The number of carbonyl (C=O) groups is 1. The Bertz CT molecular complexity index is 539. The van der Waals surface area contributed by atoms with Gasteiger partial charge in [0.1, 0.15) is 0 Å². The zero-order chi connectivity index (χ0) is 15.0. The molecule has 4 heteroatoms. The number of rotatable bonds is 3. The highest BCUT2D eigenvalue weighted by Crippen LogP contribution is 2.39. The Balaban J connectivity index is 1.73. The van der Waals surface area contributed by atoms with Crippen molar-refractivity contribution in [1.82, 2.24) is 0 Å². The highest BCUT2D eigenvalue weighted by molar-refractivity contribution is 5.89. The van der Waals surface area contributed by atoms with Crippen LogP contribution in [-0.2, 0) is 25.6 Å². The maximum absolute atomic E-state index is 11.7. The molecule has 2 aliphatic heterocycles. The molecular formula is C17H20O4. The molecule has 0 amide bonds. The minimum atomic E-state index is -0.537. The summed E-state index contributed by atoms with van der Waals surface area (Å²) < 4.78 is 17.2. The maximum Gasteiger partial charge on any atom is 0.338 e. The Morgan fingerprint density at radius 1 is 1.19 bits per heavy atom. The summed E-state index contributed by atoms with van der Waals surface area (Å²) in [4.78, 5) is 11.7. The van der Waals surface area contributed by atoms with Gasteiger partial charge in [0.05, 0.1) is 24.4 Å². The molecule has 2 heterocycles. The molecule has 0 aliphatic carbocycles. The van der Waals surface area contributed by atoms with Crippen molar-refractivity contribution in [2.75, 3.05) is 0 Å². The summed E-state index contributed by atoms with van der Waals surface area (Å²) in [5.74, 6) is -0.284. The number of benzene rings is 1. The fraction of sp³-hybridized carbons (Fsp3) is 0.471. The maximum atomic E-state index is 11.7. The molecule has 21 heavy (non-hydrogen) atoms. The van der Waals surface area contributed by atoms with Crippen molar-refractivity contribution in [1.29, 1.82) is 0 Å². The Kier molecular flexibility index (Phi) is 3.83. The van der Waals surface area contributed by atoms with E-state index in [9.17, 15) is 4.79 Å². The molecule has 3 rings (SSSR count). The number of ether oxygens (including phenoxy) is 3. The monoisotopic (exact) mass is 288 g/mol. The van der Waals surface area contributed by atoms with Gasteiger partial charge in [0.15, 0.2) is 0 Å². The zero-order valence-electron chi connectivity index (χ0n) is 12.3. The molecule has 0 aromatic heterocycles. The minimum absolute atomic E-state index is 0.00277. The highest BCUT2D eigenvalue weighted by atomic mass is 16.7. The normalized spacial score (nSPS) is 35.4. The molecule has 112 valence electrons. The second kappa shape index (κ2) is 5.62. The number of carbonyl (C=O) groups excluding carboxylic acids is 1. The van der Waals surface area contributed by atoms with Crippen LogP contribution in [0.1, 0.15) is 19.4 Å². The van der Waals surface area contributed by atoms with Crippen LogP contribution in [0.5, 0.6) is 0 Å². The van der Waals surface area contributed by atoms with Crippen molar-refractivity contribution >= 4 is 5.97 Å². The van der Waals surface area contributed by atoms with E-state index in [4.69, 9.17) is 14.2 Å². The minimum Gasteiger partial charge on any atom is -0.432 e. The fourth-order valence-corrected chi connectivity index (χ4v) is 3.10. The van der Waals surface area contributed by atoms with Gasteiger partial charge in [0.25, 0.3) is 0 Å². The third kappa shape index (κ3) is 2.61. The van der Waals surface area contributed by atoms with Crippen LogP contribution >= 0.6 is 0 Å². The first-order chi connectivity index (χ1) is 10.1. The molecule has 4 nitrogen and oxygen atoms in total. The Labute approximate surface area is 124 Å². The average molecular weight is 288 g/mol. The summed E-state index contributed by atoms with van der Waals surface area (Å²) in [7, 11) is 0. The highest BCUT2D eigenvalue weighted by Gasteiger charge is 2.49. The lowest BCUT2D eigenvalue weighted by atomic mass is 9.82. The zero-order valence-corrected chi connectivity index (χ0v) is 12.3. The second-order valence-corrected chi connectivity index (χ2v) is 5.84. The topological polar surface area (TPSA) is 44.8 Å². The number of hydrogen-bond donors (Lipinski definition) is 0. The fourth-order valence-electron chi connectivity index (χ4n) is 3.10. The Hall–Kier alpha value is -1.65. The van der Waals surface area contributed by atoms with Crippen LogP contribution in [0.2, 0.25) is 0 Å². The number of fused-ring (bicyclic) bond motifs is 2. The third-order valence-electron chi connectivity index (χ3n) is 4.34. The molecular weight excluding hydrogens is 268 g/mol. The molecule has 0 N–H and O–H groups in total. The van der Waals surface area contributed by atoms with Crippen LogP contribution in [0, 0.1) is 11.8 Å². The van der Waals surface area contributed by atoms with E-state index in [0.717, 1.165) is 5.56 Å². The van der Waals surface area contributed by atoms with Gasteiger partial charge < -0.3 is 14.2 Å². The predicted octanol–water partition coefficient (Wildman–Crippen LogP) is 2.68. The largest absolute Gasteiger partial charge is 0.432 e. The van der Waals surface area contributed by atoms with Crippen molar-refractivity contribution in [3.63, 3.8) is 0 Å². The predicted molar refractivity (Wildman–Crippen MR) is 77.2 cm³/mol. The Morgan fingerprint density at radius 3 is 2.62 bits per heavy atom. The summed E-state index contributed by atoms with van der Waals surface area (Å²) in [6.45, 7) is 8.36. The number of esters is 1. The SMILES string of the molecule is C=C1C(=O)O[C@@H]2O[C@H]1[C@H](C)[C@H](OCc1ccccc1)[C@@H]2C. The van der Waals surface area contributed by atoms with Gasteiger partial charge in [-0.15, -0.1) is 0 Å². The van der Waals surface area contributed by atoms with Gasteiger partial charge >= 0.3 is 5.97 Å². The molecule has 2 saturated heterocycles. The van der Waals surface area contributed by atoms with Gasteiger partial charge in [-0.3, -0.25) is 0 Å². The van der Waals surface area contributed by atoms with Gasteiger partial charge in [0, 0.05) is 11.8 Å². The quantitative estimate of drug-likeness (QED) is 0.633. The van der Waals surface area contributed by atoms with Crippen molar-refractivity contribution in [3.05, 3.63) is 48.0 Å². The first kappa shape index (κ1) is 14.3. The van der Waals surface area contributed by atoms with Crippen LogP contribution in [0.4, 0.5) is 0 Å². The third-order valence-corrected chi connectivity index (χ3v) is 4.34.